The van der Waals surface area contributed by atoms with Gasteiger partial charge in [0.15, 0.2) is 0 Å². The number of guanidine groups is 1. The van der Waals surface area contributed by atoms with E-state index in [1.807, 2.05) is 55.5 Å². The molecule has 0 bridgehead atoms. The first kappa shape index (κ1) is 23.9. The Labute approximate surface area is 192 Å². The number of nitrogens with zero attached hydrogens (tertiary/aromatic N) is 2. The summed E-state index contributed by atoms with van der Waals surface area (Å²) in [6, 6.07) is 18.4. The molecule has 0 saturated heterocycles. The number of hydrogen-bond donors (Lipinski definition) is 3. The van der Waals surface area contributed by atoms with Gasteiger partial charge in [-0.25, -0.2) is 9.55 Å². The first-order valence-corrected chi connectivity index (χ1v) is 12.9. The molecule has 10 heteroatoms. The Bertz CT molecular complexity index is 1030. The number of hydrogen-bond acceptors (Lipinski definition) is 6. The van der Waals surface area contributed by atoms with Crippen LogP contribution >= 0.6 is 19.5 Å². The van der Waals surface area contributed by atoms with Crippen LogP contribution in [0.1, 0.15) is 17.0 Å². The van der Waals surface area contributed by atoms with E-state index >= 15 is 0 Å². The summed E-state index contributed by atoms with van der Waals surface area (Å²) in [7, 11) is -2.04. The molecule has 3 aromatic rings. The molecule has 2 aromatic carbocycles. The van der Waals surface area contributed by atoms with E-state index in [1.54, 1.807) is 37.3 Å². The van der Waals surface area contributed by atoms with E-state index in [-0.39, 0.29) is 6.61 Å². The molecule has 1 heterocycles. The highest BCUT2D eigenvalue weighted by Crippen LogP contribution is 2.44. The maximum Gasteiger partial charge on any atom is 0.489 e. The van der Waals surface area contributed by atoms with Crippen molar-refractivity contribution in [2.24, 2.45) is 4.99 Å². The van der Waals surface area contributed by atoms with Crippen LogP contribution < -0.4 is 14.9 Å². The van der Waals surface area contributed by atoms with E-state index < -0.39 is 7.75 Å². The summed E-state index contributed by atoms with van der Waals surface area (Å²) in [5.74, 6) is 2.38. The number of aryl methyl sites for hydroxylation is 1. The molecule has 0 amide bonds. The van der Waals surface area contributed by atoms with E-state index in [0.717, 1.165) is 28.5 Å². The largest absolute Gasteiger partial charge is 0.489 e. The van der Waals surface area contributed by atoms with Gasteiger partial charge in [0.1, 0.15) is 5.75 Å². The number of imidazole rings is 1. The van der Waals surface area contributed by atoms with Crippen LogP contribution in [0, 0.1) is 6.92 Å². The number of para-hydroxylation sites is 1. The molecule has 0 aliphatic rings. The van der Waals surface area contributed by atoms with E-state index in [4.69, 9.17) is 9.05 Å². The van der Waals surface area contributed by atoms with Crippen LogP contribution in [0.2, 0.25) is 0 Å². The van der Waals surface area contributed by atoms with Gasteiger partial charge < -0.3 is 14.8 Å². The van der Waals surface area contributed by atoms with Gasteiger partial charge in [-0.05, 0) is 24.6 Å². The minimum absolute atomic E-state index is 0.133. The van der Waals surface area contributed by atoms with Crippen molar-refractivity contribution in [1.29, 1.82) is 0 Å². The Balaban J connectivity index is 1.60. The highest BCUT2D eigenvalue weighted by Gasteiger charge is 2.28. The van der Waals surface area contributed by atoms with Crippen LogP contribution in [0.4, 0.5) is 0 Å². The van der Waals surface area contributed by atoms with Crippen molar-refractivity contribution >= 4 is 25.5 Å². The van der Waals surface area contributed by atoms with Crippen molar-refractivity contribution in [3.8, 4) is 5.75 Å². The number of H-pyrrole nitrogens is 1. The standard InChI is InChI=1S/C22H28N5O3PS/c1-18-21(26-17-25-18)16-32-14-13-24-22(23-2)27-31(28,30-20-11-7-4-8-12-20)29-15-19-9-5-3-6-10-19/h3-12,17H,13-16H2,1-2H3,(H,25,26)(H2,23,24,27,28). The number of benzene rings is 2. The molecule has 0 fully saturated rings. The van der Waals surface area contributed by atoms with Crippen molar-refractivity contribution in [3.63, 3.8) is 0 Å². The Morgan fingerprint density at radius 1 is 1.16 bits per heavy atom. The molecule has 0 radical (unpaired) electrons. The first-order chi connectivity index (χ1) is 15.6. The molecule has 1 aromatic heterocycles. The SMILES string of the molecule is CN/C(=N/CCSCc1nc[nH]c1C)NP(=O)(OCc1ccccc1)Oc1ccccc1. The summed E-state index contributed by atoms with van der Waals surface area (Å²) in [5.41, 5.74) is 3.01. The molecule has 0 spiro atoms. The van der Waals surface area contributed by atoms with Gasteiger partial charge in [0.2, 0.25) is 5.96 Å². The van der Waals surface area contributed by atoms with E-state index in [0.29, 0.717) is 18.3 Å². The molecule has 170 valence electrons. The van der Waals surface area contributed by atoms with Crippen LogP contribution in [0.3, 0.4) is 0 Å². The van der Waals surface area contributed by atoms with Crippen LogP contribution in [-0.4, -0.2) is 35.3 Å². The van der Waals surface area contributed by atoms with Crippen molar-refractivity contribution in [3.05, 3.63) is 83.9 Å². The summed E-state index contributed by atoms with van der Waals surface area (Å²) < 4.78 is 25.0. The third-order valence-electron chi connectivity index (χ3n) is 4.37. The third-order valence-corrected chi connectivity index (χ3v) is 6.73. The molecule has 3 N–H and O–H groups in total. The van der Waals surface area contributed by atoms with Gasteiger partial charge in [0.25, 0.3) is 0 Å². The molecule has 0 saturated carbocycles. The smallest absolute Gasteiger partial charge is 0.409 e. The zero-order valence-corrected chi connectivity index (χ0v) is 19.9. The molecule has 1 unspecified atom stereocenters. The predicted molar refractivity (Wildman–Crippen MR) is 130 cm³/mol. The lowest BCUT2D eigenvalue weighted by Gasteiger charge is -2.21. The highest BCUT2D eigenvalue weighted by atomic mass is 32.2. The molecule has 0 aliphatic carbocycles. The Morgan fingerprint density at radius 2 is 1.88 bits per heavy atom. The van der Waals surface area contributed by atoms with Gasteiger partial charge in [0, 0.05) is 24.2 Å². The molecule has 1 atom stereocenters. The maximum absolute atomic E-state index is 13.5. The molecule has 8 nitrogen and oxygen atoms in total. The van der Waals surface area contributed by atoms with E-state index in [9.17, 15) is 4.57 Å². The van der Waals surface area contributed by atoms with E-state index in [2.05, 4.69) is 25.4 Å². The summed E-state index contributed by atoms with van der Waals surface area (Å²) in [5, 5.41) is 5.77. The van der Waals surface area contributed by atoms with Crippen molar-refractivity contribution in [2.45, 2.75) is 19.3 Å². The highest BCUT2D eigenvalue weighted by molar-refractivity contribution is 7.98. The molecule has 32 heavy (non-hydrogen) atoms. The quantitative estimate of drug-likeness (QED) is 0.163. The first-order valence-electron chi connectivity index (χ1n) is 10.2. The van der Waals surface area contributed by atoms with E-state index in [1.165, 1.54) is 0 Å². The van der Waals surface area contributed by atoms with Crippen LogP contribution in [-0.2, 0) is 21.4 Å². The number of rotatable bonds is 11. The van der Waals surface area contributed by atoms with Gasteiger partial charge >= 0.3 is 7.75 Å². The lowest BCUT2D eigenvalue weighted by molar-refractivity contribution is 0.251. The summed E-state index contributed by atoms with van der Waals surface area (Å²) in [6.07, 6.45) is 1.70. The summed E-state index contributed by atoms with van der Waals surface area (Å²) >= 11 is 1.73. The number of thioether (sulfide) groups is 1. The summed E-state index contributed by atoms with van der Waals surface area (Å²) in [6.45, 7) is 2.67. The average Bonchev–Trinajstić information content (AvgIpc) is 3.22. The number of aromatic amines is 1. The van der Waals surface area contributed by atoms with Gasteiger partial charge in [-0.1, -0.05) is 48.5 Å². The molecule has 0 aliphatic heterocycles. The number of aliphatic imine (C=N–C) groups is 1. The molecule has 3 rings (SSSR count). The Hall–Kier alpha value is -2.74. The zero-order chi connectivity index (χ0) is 22.7. The lowest BCUT2D eigenvalue weighted by Crippen LogP contribution is -2.34. The zero-order valence-electron chi connectivity index (χ0n) is 18.2. The average molecular weight is 474 g/mol. The monoisotopic (exact) mass is 473 g/mol. The minimum atomic E-state index is -3.75. The number of nitrogens with one attached hydrogen (secondary N) is 3. The van der Waals surface area contributed by atoms with Crippen molar-refractivity contribution < 1.29 is 13.6 Å². The number of aromatic nitrogens is 2. The van der Waals surface area contributed by atoms with Gasteiger partial charge in [-0.15, -0.1) is 0 Å². The fourth-order valence-corrected chi connectivity index (χ4v) is 4.83. The fraction of sp³-hybridized carbons (Fsp3) is 0.273. The normalized spacial score (nSPS) is 13.4. The molecular weight excluding hydrogens is 445 g/mol. The Kier molecular flexibility index (Phi) is 9.22. The van der Waals surface area contributed by atoms with Gasteiger partial charge in [-0.2, -0.15) is 11.8 Å². The summed E-state index contributed by atoms with van der Waals surface area (Å²) in [4.78, 5) is 11.8. The minimum Gasteiger partial charge on any atom is -0.409 e. The maximum atomic E-state index is 13.5. The van der Waals surface area contributed by atoms with Crippen molar-refractivity contribution in [1.82, 2.24) is 20.4 Å². The predicted octanol–water partition coefficient (Wildman–Crippen LogP) is 4.52. The van der Waals surface area contributed by atoms with Crippen molar-refractivity contribution in [2.75, 3.05) is 19.3 Å². The second kappa shape index (κ2) is 12.3. The second-order valence-electron chi connectivity index (χ2n) is 6.78. The van der Waals surface area contributed by atoms with Crippen LogP contribution in [0.25, 0.3) is 0 Å². The van der Waals surface area contributed by atoms with Crippen LogP contribution in [0.5, 0.6) is 5.75 Å². The Morgan fingerprint density at radius 3 is 2.53 bits per heavy atom. The molecular formula is C22H28N5O3PS. The van der Waals surface area contributed by atoms with Gasteiger partial charge in [0.05, 0.1) is 25.2 Å². The second-order valence-corrected chi connectivity index (χ2v) is 9.54. The topological polar surface area (TPSA) is 101 Å². The van der Waals surface area contributed by atoms with Crippen LogP contribution in [0.15, 0.2) is 72.0 Å². The van der Waals surface area contributed by atoms with Gasteiger partial charge in [-0.3, -0.25) is 14.6 Å². The fourth-order valence-electron chi connectivity index (χ4n) is 2.66. The third kappa shape index (κ3) is 7.75. The lowest BCUT2D eigenvalue weighted by atomic mass is 10.2.